The zero-order chi connectivity index (χ0) is 7.23. The van der Waals surface area contributed by atoms with Gasteiger partial charge in [0.25, 0.3) is 0 Å². The van der Waals surface area contributed by atoms with E-state index in [1.165, 1.54) is 6.41 Å². The number of nitrogens with zero attached hydrogens (tertiary/aromatic N) is 2. The molecule has 0 aliphatic carbocycles. The average Bonchev–Trinajstić information content (AvgIpc) is 2.03. The number of aromatic nitrogens is 2. The largest absolute Gasteiger partial charge is 0.341 e. The van der Waals surface area contributed by atoms with Gasteiger partial charge in [0.15, 0.2) is 0 Å². The lowest BCUT2D eigenvalue weighted by molar-refractivity contribution is 0.540. The zero-order valence-electron chi connectivity index (χ0n) is 5.24. The normalized spacial score (nSPS) is 8.80. The summed E-state index contributed by atoms with van der Waals surface area (Å²) in [6.07, 6.45) is 4.78. The molecule has 1 aromatic rings. The smallest absolute Gasteiger partial charge is 0.309 e. The molecular weight excluding hydrogens is 130 g/mol. The number of amides is 1. The maximum atomic E-state index is 9.69. The highest BCUT2D eigenvalue weighted by atomic mass is 16.1. The fourth-order valence-electron chi connectivity index (χ4n) is 0.536. The Morgan fingerprint density at radius 1 is 1.50 bits per heavy atom. The number of hydrogen-bond acceptors (Lipinski definition) is 3. The second-order valence-electron chi connectivity index (χ2n) is 1.62. The summed E-state index contributed by atoms with van der Waals surface area (Å²) in [5.74, 6) is 0.589. The van der Waals surface area contributed by atoms with Crippen LogP contribution in [0.1, 0.15) is 5.82 Å². The lowest BCUT2D eigenvalue weighted by atomic mass is 10.5. The topological polar surface area (TPSA) is 54.9 Å². The van der Waals surface area contributed by atoms with Crippen molar-refractivity contribution in [1.29, 1.82) is 0 Å². The molecule has 1 rings (SSSR count). The lowest BCUT2D eigenvalue weighted by Gasteiger charge is -1.93. The van der Waals surface area contributed by atoms with Crippen molar-refractivity contribution < 1.29 is 4.79 Å². The molecule has 0 saturated carbocycles. The molecule has 51 valence electrons. The Morgan fingerprint density at radius 3 is 2.80 bits per heavy atom. The van der Waals surface area contributed by atoms with Gasteiger partial charge >= 0.3 is 6.41 Å². The standard InChI is InChI=1S/C6H6N3O/c10-5-7-4-6-8-2-1-3-9-6/h1-3H,4H2,(H,7,10). The molecule has 1 N–H and O–H groups in total. The van der Waals surface area contributed by atoms with E-state index in [-0.39, 0.29) is 0 Å². The SMILES string of the molecule is O=[C]NCc1ncccn1. The minimum atomic E-state index is 0.338. The highest BCUT2D eigenvalue weighted by Crippen LogP contribution is 1.83. The van der Waals surface area contributed by atoms with Crippen LogP contribution < -0.4 is 5.32 Å². The molecule has 0 aliphatic rings. The van der Waals surface area contributed by atoms with Gasteiger partial charge in [-0.25, -0.2) is 9.97 Å². The van der Waals surface area contributed by atoms with Crippen molar-refractivity contribution in [3.05, 3.63) is 24.3 Å². The maximum Gasteiger partial charge on any atom is 0.309 e. The van der Waals surface area contributed by atoms with E-state index in [0.717, 1.165) is 0 Å². The first-order chi connectivity index (χ1) is 4.93. The molecular formula is C6H6N3O. The molecule has 1 heterocycles. The molecule has 1 radical (unpaired) electrons. The van der Waals surface area contributed by atoms with Gasteiger partial charge < -0.3 is 5.32 Å². The molecule has 0 unspecified atom stereocenters. The quantitative estimate of drug-likeness (QED) is 0.577. The first-order valence-corrected chi connectivity index (χ1v) is 2.79. The zero-order valence-corrected chi connectivity index (χ0v) is 5.24. The van der Waals surface area contributed by atoms with Crippen LogP contribution in [-0.4, -0.2) is 16.4 Å². The van der Waals surface area contributed by atoms with Gasteiger partial charge in [-0.2, -0.15) is 0 Å². The minimum Gasteiger partial charge on any atom is -0.341 e. The van der Waals surface area contributed by atoms with Gasteiger partial charge in [0, 0.05) is 12.4 Å². The predicted molar refractivity (Wildman–Crippen MR) is 34.6 cm³/mol. The van der Waals surface area contributed by atoms with E-state index in [9.17, 15) is 4.79 Å². The first kappa shape index (κ1) is 6.67. The third-order valence-corrected chi connectivity index (χ3v) is 0.938. The van der Waals surface area contributed by atoms with E-state index >= 15 is 0 Å². The van der Waals surface area contributed by atoms with Gasteiger partial charge in [-0.3, -0.25) is 4.79 Å². The van der Waals surface area contributed by atoms with Crippen LogP contribution in [0.2, 0.25) is 0 Å². The van der Waals surface area contributed by atoms with Crippen molar-refractivity contribution in [2.45, 2.75) is 6.54 Å². The van der Waals surface area contributed by atoms with E-state index in [1.54, 1.807) is 18.5 Å². The Labute approximate surface area is 58.3 Å². The average molecular weight is 136 g/mol. The summed E-state index contributed by atoms with van der Waals surface area (Å²) in [5.41, 5.74) is 0. The van der Waals surface area contributed by atoms with E-state index in [4.69, 9.17) is 0 Å². The molecule has 0 aliphatic heterocycles. The van der Waals surface area contributed by atoms with E-state index in [2.05, 4.69) is 15.3 Å². The molecule has 0 fully saturated rings. The fraction of sp³-hybridized carbons (Fsp3) is 0.167. The summed E-state index contributed by atoms with van der Waals surface area (Å²) in [6.45, 7) is 0.338. The molecule has 1 aromatic heterocycles. The molecule has 0 spiro atoms. The molecule has 4 nitrogen and oxygen atoms in total. The number of nitrogens with one attached hydrogen (secondary N) is 1. The Balaban J connectivity index is 2.50. The predicted octanol–water partition coefficient (Wildman–Crippen LogP) is -0.367. The summed E-state index contributed by atoms with van der Waals surface area (Å²) in [7, 11) is 0. The highest BCUT2D eigenvalue weighted by Gasteiger charge is 1.89. The van der Waals surface area contributed by atoms with E-state index < -0.39 is 0 Å². The van der Waals surface area contributed by atoms with E-state index in [0.29, 0.717) is 12.4 Å². The summed E-state index contributed by atoms with van der Waals surface area (Å²) in [5, 5.41) is 2.33. The van der Waals surface area contributed by atoms with Gasteiger partial charge in [0.05, 0.1) is 6.54 Å². The van der Waals surface area contributed by atoms with Crippen molar-refractivity contribution in [1.82, 2.24) is 15.3 Å². The van der Waals surface area contributed by atoms with Crippen LogP contribution in [0.15, 0.2) is 18.5 Å². The second kappa shape index (κ2) is 3.55. The molecule has 0 atom stereocenters. The molecule has 10 heavy (non-hydrogen) atoms. The third-order valence-electron chi connectivity index (χ3n) is 0.938. The number of rotatable bonds is 3. The summed E-state index contributed by atoms with van der Waals surface area (Å²) >= 11 is 0. The number of hydrogen-bond donors (Lipinski definition) is 1. The van der Waals surface area contributed by atoms with Crippen molar-refractivity contribution in [3.8, 4) is 0 Å². The fourth-order valence-corrected chi connectivity index (χ4v) is 0.536. The third kappa shape index (κ3) is 1.81. The summed E-state index contributed by atoms with van der Waals surface area (Å²) in [6, 6.07) is 1.72. The van der Waals surface area contributed by atoms with Crippen molar-refractivity contribution in [3.63, 3.8) is 0 Å². The molecule has 1 amide bonds. The van der Waals surface area contributed by atoms with Gasteiger partial charge in [-0.15, -0.1) is 0 Å². The van der Waals surface area contributed by atoms with Crippen molar-refractivity contribution in [2.75, 3.05) is 0 Å². The second-order valence-corrected chi connectivity index (χ2v) is 1.62. The Kier molecular flexibility index (Phi) is 2.37. The molecule has 0 bridgehead atoms. The maximum absolute atomic E-state index is 9.69. The van der Waals surface area contributed by atoms with Crippen LogP contribution in [0, 0.1) is 0 Å². The van der Waals surface area contributed by atoms with Crippen LogP contribution in [0.3, 0.4) is 0 Å². The van der Waals surface area contributed by atoms with Crippen LogP contribution in [0.4, 0.5) is 0 Å². The Morgan fingerprint density at radius 2 is 2.20 bits per heavy atom. The minimum absolute atomic E-state index is 0.338. The molecule has 0 aromatic carbocycles. The van der Waals surface area contributed by atoms with Gasteiger partial charge in [0.1, 0.15) is 5.82 Å². The number of carbonyl (C=O) groups excluding carboxylic acids is 1. The summed E-state index contributed by atoms with van der Waals surface area (Å²) in [4.78, 5) is 17.4. The van der Waals surface area contributed by atoms with Gasteiger partial charge in [0.2, 0.25) is 0 Å². The van der Waals surface area contributed by atoms with Crippen LogP contribution in [-0.2, 0) is 11.3 Å². The lowest BCUT2D eigenvalue weighted by Crippen LogP contribution is -2.11. The summed E-state index contributed by atoms with van der Waals surface area (Å²) < 4.78 is 0. The van der Waals surface area contributed by atoms with Crippen molar-refractivity contribution in [2.24, 2.45) is 0 Å². The Hall–Kier alpha value is -1.45. The monoisotopic (exact) mass is 136 g/mol. The molecule has 4 heteroatoms. The van der Waals surface area contributed by atoms with Crippen LogP contribution in [0.5, 0.6) is 0 Å². The van der Waals surface area contributed by atoms with Crippen molar-refractivity contribution >= 4 is 6.41 Å². The van der Waals surface area contributed by atoms with Gasteiger partial charge in [-0.1, -0.05) is 0 Å². The highest BCUT2D eigenvalue weighted by molar-refractivity contribution is 5.46. The van der Waals surface area contributed by atoms with E-state index in [1.807, 2.05) is 0 Å². The first-order valence-electron chi connectivity index (χ1n) is 2.79. The molecule has 0 saturated heterocycles. The van der Waals surface area contributed by atoms with Gasteiger partial charge in [-0.05, 0) is 6.07 Å². The van der Waals surface area contributed by atoms with Crippen LogP contribution in [0.25, 0.3) is 0 Å². The van der Waals surface area contributed by atoms with Crippen LogP contribution >= 0.6 is 0 Å². The Bertz CT molecular complexity index is 199.